The maximum atomic E-state index is 12.4. The zero-order valence-electron chi connectivity index (χ0n) is 11.5. The second-order valence-electron chi connectivity index (χ2n) is 4.66. The quantitative estimate of drug-likeness (QED) is 0.414. The third-order valence-electron chi connectivity index (χ3n) is 3.25. The first-order valence-electron chi connectivity index (χ1n) is 6.36. The molecule has 0 atom stereocenters. The van der Waals surface area contributed by atoms with E-state index in [1.54, 1.807) is 18.2 Å². The van der Waals surface area contributed by atoms with Gasteiger partial charge >= 0.3 is 5.97 Å². The number of halogens is 4. The van der Waals surface area contributed by atoms with E-state index in [1.807, 2.05) is 0 Å². The lowest BCUT2D eigenvalue weighted by Crippen LogP contribution is -2.32. The Morgan fingerprint density at radius 3 is 1.71 bits per heavy atom. The highest BCUT2D eigenvalue weighted by atomic mass is 35.5. The van der Waals surface area contributed by atoms with E-state index in [1.165, 1.54) is 12.1 Å². The first kappa shape index (κ1) is 17.0. The van der Waals surface area contributed by atoms with E-state index in [4.69, 9.17) is 51.2 Å². The van der Waals surface area contributed by atoms with Gasteiger partial charge in [-0.15, -0.1) is 0 Å². The summed E-state index contributed by atoms with van der Waals surface area (Å²) in [6, 6.07) is 7.84. The molecular weight excluding hydrogens is 400 g/mol. The van der Waals surface area contributed by atoms with Gasteiger partial charge in [0.05, 0.1) is 36.8 Å². The first-order chi connectivity index (χ1) is 11.3. The van der Waals surface area contributed by atoms with E-state index < -0.39 is 17.8 Å². The van der Waals surface area contributed by atoms with Crippen molar-refractivity contribution in [3.63, 3.8) is 0 Å². The average molecular weight is 405 g/mol. The fourth-order valence-electron chi connectivity index (χ4n) is 2.12. The molecule has 2 aromatic rings. The number of amides is 2. The number of hydrogen-bond acceptors (Lipinski definition) is 4. The third kappa shape index (κ3) is 2.54. The van der Waals surface area contributed by atoms with Crippen molar-refractivity contribution in [3.8, 4) is 0 Å². The van der Waals surface area contributed by atoms with Gasteiger partial charge < -0.3 is 4.84 Å². The maximum absolute atomic E-state index is 12.4. The summed E-state index contributed by atoms with van der Waals surface area (Å²) in [6.45, 7) is 0. The summed E-state index contributed by atoms with van der Waals surface area (Å²) in [4.78, 5) is 41.7. The first-order valence-corrected chi connectivity index (χ1v) is 7.87. The van der Waals surface area contributed by atoms with E-state index in [-0.39, 0.29) is 41.8 Å². The van der Waals surface area contributed by atoms with Crippen molar-refractivity contribution in [2.45, 2.75) is 0 Å². The summed E-state index contributed by atoms with van der Waals surface area (Å²) < 4.78 is 0. The number of rotatable bonds is 2. The molecule has 1 aliphatic heterocycles. The van der Waals surface area contributed by atoms with Crippen LogP contribution in [-0.4, -0.2) is 22.8 Å². The van der Waals surface area contributed by atoms with Crippen LogP contribution in [0.4, 0.5) is 0 Å². The molecule has 1 heterocycles. The molecule has 0 unspecified atom stereocenters. The van der Waals surface area contributed by atoms with Crippen molar-refractivity contribution in [2.75, 3.05) is 0 Å². The number of carbonyl (C=O) groups excluding carboxylic acids is 3. The highest BCUT2D eigenvalue weighted by Gasteiger charge is 2.44. The van der Waals surface area contributed by atoms with Gasteiger partial charge in [-0.3, -0.25) is 9.59 Å². The summed E-state index contributed by atoms with van der Waals surface area (Å²) in [7, 11) is 0. The van der Waals surface area contributed by atoms with Crippen molar-refractivity contribution in [1.82, 2.24) is 5.06 Å². The number of nitrogens with zero attached hydrogens (tertiary/aromatic N) is 1. The molecule has 5 nitrogen and oxygen atoms in total. The normalized spacial score (nSPS) is 13.2. The minimum Gasteiger partial charge on any atom is -0.324 e. The molecule has 1 aliphatic rings. The van der Waals surface area contributed by atoms with Crippen molar-refractivity contribution in [3.05, 3.63) is 67.1 Å². The van der Waals surface area contributed by atoms with Gasteiger partial charge in [0.1, 0.15) is 0 Å². The Hall–Kier alpha value is -1.79. The van der Waals surface area contributed by atoms with Crippen LogP contribution in [0, 0.1) is 0 Å². The second kappa shape index (κ2) is 6.26. The summed E-state index contributed by atoms with van der Waals surface area (Å²) in [5, 5.41) is -0.529. The van der Waals surface area contributed by atoms with E-state index in [2.05, 4.69) is 0 Å². The zero-order valence-corrected chi connectivity index (χ0v) is 14.5. The van der Waals surface area contributed by atoms with E-state index in [9.17, 15) is 14.4 Å². The maximum Gasteiger partial charge on any atom is 0.363 e. The van der Waals surface area contributed by atoms with Crippen LogP contribution < -0.4 is 0 Å². The van der Waals surface area contributed by atoms with Gasteiger partial charge in [0.2, 0.25) is 0 Å². The minimum atomic E-state index is -0.954. The fourth-order valence-corrected chi connectivity index (χ4v) is 3.14. The molecule has 9 heteroatoms. The molecule has 0 saturated carbocycles. The molecule has 0 spiro atoms. The van der Waals surface area contributed by atoms with Crippen molar-refractivity contribution >= 4 is 64.2 Å². The van der Waals surface area contributed by atoms with Crippen LogP contribution >= 0.6 is 46.4 Å². The molecule has 2 amide bonds. The van der Waals surface area contributed by atoms with Gasteiger partial charge in [-0.1, -0.05) is 69.7 Å². The molecule has 0 aliphatic carbocycles. The minimum absolute atomic E-state index is 0.155. The molecule has 0 bridgehead atoms. The molecule has 24 heavy (non-hydrogen) atoms. The predicted molar refractivity (Wildman–Crippen MR) is 88.8 cm³/mol. The molecule has 2 aromatic carbocycles. The van der Waals surface area contributed by atoms with Crippen molar-refractivity contribution in [1.29, 1.82) is 0 Å². The van der Waals surface area contributed by atoms with E-state index >= 15 is 0 Å². The standard InChI is InChI=1S/C15H5Cl4NO4/c16-9-7-8(10(17)12(19)11(9)18)14(22)20(13(7)21)24-15(23)6-4-2-1-3-5-6/h1-5H. The molecule has 0 radical (unpaired) electrons. The Morgan fingerprint density at radius 1 is 0.792 bits per heavy atom. The fraction of sp³-hybridized carbons (Fsp3) is 0. The van der Waals surface area contributed by atoms with Gasteiger partial charge in [-0.2, -0.15) is 0 Å². The van der Waals surface area contributed by atoms with Crippen LogP contribution in [0.3, 0.4) is 0 Å². The Morgan fingerprint density at radius 2 is 1.25 bits per heavy atom. The Balaban J connectivity index is 2.01. The van der Waals surface area contributed by atoms with Crippen LogP contribution in [0.5, 0.6) is 0 Å². The van der Waals surface area contributed by atoms with Crippen LogP contribution in [0.25, 0.3) is 0 Å². The number of fused-ring (bicyclic) bond motifs is 1. The second-order valence-corrected chi connectivity index (χ2v) is 6.17. The number of hydrogen-bond donors (Lipinski definition) is 0. The highest BCUT2D eigenvalue weighted by molar-refractivity contribution is 6.55. The summed E-state index contributed by atoms with van der Waals surface area (Å²) in [5.74, 6) is -2.80. The van der Waals surface area contributed by atoms with Gasteiger partial charge in [0, 0.05) is 0 Å². The van der Waals surface area contributed by atoms with Crippen molar-refractivity contribution < 1.29 is 19.2 Å². The molecule has 3 rings (SSSR count). The highest BCUT2D eigenvalue weighted by Crippen LogP contribution is 2.44. The lowest BCUT2D eigenvalue weighted by Gasteiger charge is -2.12. The summed E-state index contributed by atoms with van der Waals surface area (Å²) in [5.41, 5.74) is -0.369. The monoisotopic (exact) mass is 403 g/mol. The third-order valence-corrected chi connectivity index (χ3v) is 5.05. The van der Waals surface area contributed by atoms with Crippen LogP contribution in [0.1, 0.15) is 31.1 Å². The lowest BCUT2D eigenvalue weighted by molar-refractivity contribution is -0.0584. The largest absolute Gasteiger partial charge is 0.363 e. The average Bonchev–Trinajstić information content (AvgIpc) is 2.83. The lowest BCUT2D eigenvalue weighted by atomic mass is 10.1. The molecule has 122 valence electrons. The SMILES string of the molecule is O=C(ON1C(=O)c2c(Cl)c(Cl)c(Cl)c(Cl)c2C1=O)c1ccccc1. The van der Waals surface area contributed by atoms with E-state index in [0.717, 1.165) is 0 Å². The Labute approximate surface area is 155 Å². The molecular formula is C15H5Cl4NO4. The van der Waals surface area contributed by atoms with Crippen LogP contribution in [0.2, 0.25) is 20.1 Å². The van der Waals surface area contributed by atoms with Crippen molar-refractivity contribution in [2.24, 2.45) is 0 Å². The number of imide groups is 1. The number of hydroxylamine groups is 2. The molecule has 0 saturated heterocycles. The number of carbonyl (C=O) groups is 3. The van der Waals surface area contributed by atoms with Gasteiger partial charge in [-0.05, 0) is 12.1 Å². The molecule has 0 aromatic heterocycles. The Kier molecular flexibility index (Phi) is 4.44. The van der Waals surface area contributed by atoms with Gasteiger partial charge in [0.15, 0.2) is 0 Å². The smallest absolute Gasteiger partial charge is 0.324 e. The van der Waals surface area contributed by atoms with E-state index in [0.29, 0.717) is 0 Å². The summed E-state index contributed by atoms with van der Waals surface area (Å²) in [6.07, 6.45) is 0. The summed E-state index contributed by atoms with van der Waals surface area (Å²) >= 11 is 23.7. The zero-order chi connectivity index (χ0) is 17.6. The number of benzene rings is 2. The topological polar surface area (TPSA) is 63.7 Å². The van der Waals surface area contributed by atoms with Crippen LogP contribution in [0.15, 0.2) is 30.3 Å². The predicted octanol–water partition coefficient (Wildman–Crippen LogP) is 4.67. The van der Waals surface area contributed by atoms with Crippen LogP contribution in [-0.2, 0) is 4.84 Å². The molecule has 0 N–H and O–H groups in total. The molecule has 0 fully saturated rings. The van der Waals surface area contributed by atoms with Gasteiger partial charge in [0.25, 0.3) is 11.8 Å². The Bertz CT molecular complexity index is 851. The van der Waals surface area contributed by atoms with Gasteiger partial charge in [-0.25, -0.2) is 4.79 Å².